The highest BCUT2D eigenvalue weighted by Gasteiger charge is 2.26. The van der Waals surface area contributed by atoms with Gasteiger partial charge >= 0.3 is 0 Å². The average Bonchev–Trinajstić information content (AvgIpc) is 3.58. The van der Waals surface area contributed by atoms with Gasteiger partial charge in [0.05, 0.1) is 5.56 Å². The van der Waals surface area contributed by atoms with Crippen LogP contribution in [0.15, 0.2) is 140 Å². The van der Waals surface area contributed by atoms with Crippen LogP contribution in [0.1, 0.15) is 24.0 Å². The van der Waals surface area contributed by atoms with Crippen molar-refractivity contribution in [3.05, 3.63) is 161 Å². The number of phenolic OH excluding ortho intramolecular Hbond substituents is 5. The molecular weight excluding hydrogens is 665 g/mol. The van der Waals surface area contributed by atoms with Crippen LogP contribution in [-0.4, -0.2) is 25.5 Å². The molecule has 0 saturated carbocycles. The van der Waals surface area contributed by atoms with E-state index in [1.807, 2.05) is 53.8 Å². The molecule has 5 N–H and O–H groups in total. The smallest absolute Gasteiger partial charge is 0.208 e. The van der Waals surface area contributed by atoms with E-state index in [-0.39, 0.29) is 12.0 Å². The van der Waals surface area contributed by atoms with E-state index in [0.29, 0.717) is 17.2 Å². The summed E-state index contributed by atoms with van der Waals surface area (Å²) in [6.45, 7) is 0. The van der Waals surface area contributed by atoms with Crippen molar-refractivity contribution in [3.63, 3.8) is 0 Å². The summed E-state index contributed by atoms with van der Waals surface area (Å²) in [6, 6.07) is 40.2. The van der Waals surface area contributed by atoms with Crippen LogP contribution in [0.4, 0.5) is 0 Å². The molecule has 52 heavy (non-hydrogen) atoms. The van der Waals surface area contributed by atoms with Crippen LogP contribution in [-0.2, 0) is 0 Å². The second-order valence-corrected chi connectivity index (χ2v) is 14.1. The molecule has 0 bridgehead atoms. The van der Waals surface area contributed by atoms with E-state index < -0.39 is 28.7 Å². The van der Waals surface area contributed by atoms with Gasteiger partial charge in [0.25, 0.3) is 0 Å². The lowest BCUT2D eigenvalue weighted by Crippen LogP contribution is -2.30. The van der Waals surface area contributed by atoms with Gasteiger partial charge in [-0.1, -0.05) is 127 Å². The van der Waals surface area contributed by atoms with Crippen molar-refractivity contribution in [3.8, 4) is 39.9 Å². The van der Waals surface area contributed by atoms with Crippen molar-refractivity contribution in [2.45, 2.75) is 12.8 Å². The monoisotopic (exact) mass is 696 g/mol. The Kier molecular flexibility index (Phi) is 7.49. The van der Waals surface area contributed by atoms with Crippen LogP contribution < -0.4 is 10.4 Å². The normalized spacial score (nSPS) is 16.7. The van der Waals surface area contributed by atoms with Crippen LogP contribution in [0, 0.1) is 0 Å². The maximum atomic E-state index is 11.1. The van der Waals surface area contributed by atoms with Gasteiger partial charge in [0.1, 0.15) is 0 Å². The molecular formula is C46H32O5S. The van der Waals surface area contributed by atoms with E-state index >= 15 is 0 Å². The summed E-state index contributed by atoms with van der Waals surface area (Å²) >= 11 is 1.82. The Morgan fingerprint density at radius 3 is 1.69 bits per heavy atom. The molecule has 1 aliphatic rings. The molecule has 5 nitrogen and oxygen atoms in total. The molecule has 1 aliphatic carbocycles. The van der Waals surface area contributed by atoms with Crippen molar-refractivity contribution in [1.82, 2.24) is 0 Å². The van der Waals surface area contributed by atoms with Crippen LogP contribution >= 0.6 is 11.3 Å². The molecule has 7 aromatic carbocycles. The number of thiophene rings is 1. The van der Waals surface area contributed by atoms with Crippen LogP contribution in [0.5, 0.6) is 28.7 Å². The molecule has 9 rings (SSSR count). The number of fused-ring (bicyclic) bond motifs is 7. The molecule has 8 aromatic rings. The fraction of sp³-hybridized carbons (Fsp3) is 0.0435. The molecule has 0 spiro atoms. The Hall–Kier alpha value is -6.50. The van der Waals surface area contributed by atoms with E-state index in [0.717, 1.165) is 32.7 Å². The van der Waals surface area contributed by atoms with E-state index in [2.05, 4.69) is 97.1 Å². The van der Waals surface area contributed by atoms with Gasteiger partial charge in [0.2, 0.25) is 17.2 Å². The zero-order chi connectivity index (χ0) is 35.5. The molecule has 6 heteroatoms. The predicted molar refractivity (Wildman–Crippen MR) is 213 cm³/mol. The number of benzene rings is 7. The van der Waals surface area contributed by atoms with Crippen molar-refractivity contribution in [2.75, 3.05) is 0 Å². The second-order valence-electron chi connectivity index (χ2n) is 13.0. The first-order valence-corrected chi connectivity index (χ1v) is 17.9. The molecule has 0 unspecified atom stereocenters. The number of hydrogen-bond acceptors (Lipinski definition) is 6. The number of hydrogen-bond donors (Lipinski definition) is 5. The van der Waals surface area contributed by atoms with Gasteiger partial charge in [0.15, 0.2) is 11.5 Å². The largest absolute Gasteiger partial charge is 0.504 e. The summed E-state index contributed by atoms with van der Waals surface area (Å²) in [5.74, 6) is -4.20. The quantitative estimate of drug-likeness (QED) is 0.0936. The minimum Gasteiger partial charge on any atom is -0.504 e. The summed E-state index contributed by atoms with van der Waals surface area (Å²) in [5, 5.41) is 62.0. The standard InChI is InChI=1S/C46H32O5S/c47-42-41(43(48)45(50)46(51)44(42)49)36-19-4-2-1-3-14-29(28-15-9-10-18-32(28)36)33-23-24-34(31-17-8-7-16-30(31)33)35-20-11-21-37-40(35)39-27-13-6-5-12-26(27)22-25-38(39)52-37/h1-13,15-18,20-25,47-51H,14,19H2/b3-1-,4-2-,29-28+,36-32+. The lowest BCUT2D eigenvalue weighted by molar-refractivity contribution is 0.327. The summed E-state index contributed by atoms with van der Waals surface area (Å²) in [5.41, 5.74) is 4.72. The third-order valence-electron chi connectivity index (χ3n) is 10.2. The van der Waals surface area contributed by atoms with Gasteiger partial charge < -0.3 is 25.5 Å². The molecule has 252 valence electrons. The molecule has 1 heterocycles. The average molecular weight is 697 g/mol. The second kappa shape index (κ2) is 12.4. The highest BCUT2D eigenvalue weighted by molar-refractivity contribution is 7.26. The highest BCUT2D eigenvalue weighted by atomic mass is 32.1. The lowest BCUT2D eigenvalue weighted by Gasteiger charge is -2.17. The first-order valence-electron chi connectivity index (χ1n) is 17.1. The van der Waals surface area contributed by atoms with Gasteiger partial charge in [-0.05, 0) is 84.8 Å². The minimum absolute atomic E-state index is 0.141. The van der Waals surface area contributed by atoms with Crippen molar-refractivity contribution < 1.29 is 25.5 Å². The summed E-state index contributed by atoms with van der Waals surface area (Å²) in [6.07, 6.45) is 8.71. The van der Waals surface area contributed by atoms with E-state index in [9.17, 15) is 25.5 Å². The summed E-state index contributed by atoms with van der Waals surface area (Å²) in [7, 11) is 0. The Bertz CT molecular complexity index is 2940. The van der Waals surface area contributed by atoms with E-state index in [1.165, 1.54) is 36.5 Å². The SMILES string of the molecule is Oc1c(O)c(O)c(/C2=c3\cccc\c3=C(/c3ccc(-c4cccc5sc6ccc7ccccc7c6c45)c4ccccc34)C/C=C\C=C/C2)c(O)c1O. The van der Waals surface area contributed by atoms with Gasteiger partial charge in [-0.2, -0.15) is 0 Å². The van der Waals surface area contributed by atoms with Gasteiger partial charge in [-0.15, -0.1) is 11.3 Å². The van der Waals surface area contributed by atoms with Gasteiger partial charge in [0, 0.05) is 20.2 Å². The maximum Gasteiger partial charge on any atom is 0.208 e. The van der Waals surface area contributed by atoms with E-state index in [4.69, 9.17) is 0 Å². The topological polar surface area (TPSA) is 101 Å². The van der Waals surface area contributed by atoms with Crippen LogP contribution in [0.3, 0.4) is 0 Å². The zero-order valence-electron chi connectivity index (χ0n) is 27.8. The molecule has 0 saturated heterocycles. The third kappa shape index (κ3) is 4.83. The number of phenols is 5. The molecule has 0 radical (unpaired) electrons. The Morgan fingerprint density at radius 1 is 0.404 bits per heavy atom. The number of rotatable bonds is 3. The Labute approximate surface area is 302 Å². The first kappa shape index (κ1) is 31.5. The van der Waals surface area contributed by atoms with Crippen LogP contribution in [0.25, 0.3) is 64.0 Å². The van der Waals surface area contributed by atoms with E-state index in [1.54, 1.807) is 0 Å². The number of allylic oxidation sites excluding steroid dienone is 4. The highest BCUT2D eigenvalue weighted by Crippen LogP contribution is 2.53. The van der Waals surface area contributed by atoms with Crippen molar-refractivity contribution in [2.24, 2.45) is 0 Å². The molecule has 0 fully saturated rings. The summed E-state index contributed by atoms with van der Waals surface area (Å²) in [4.78, 5) is 0. The zero-order valence-corrected chi connectivity index (χ0v) is 28.7. The fourth-order valence-corrected chi connectivity index (χ4v) is 8.98. The maximum absolute atomic E-state index is 11.1. The molecule has 1 aromatic heterocycles. The van der Waals surface area contributed by atoms with Crippen molar-refractivity contribution >= 4 is 64.2 Å². The number of aromatic hydroxyl groups is 5. The third-order valence-corrected chi connectivity index (χ3v) is 11.3. The van der Waals surface area contributed by atoms with Crippen LogP contribution in [0.2, 0.25) is 0 Å². The Morgan fingerprint density at radius 2 is 0.962 bits per heavy atom. The molecule has 0 aliphatic heterocycles. The minimum atomic E-state index is -0.982. The van der Waals surface area contributed by atoms with Gasteiger partial charge in [-0.3, -0.25) is 0 Å². The summed E-state index contributed by atoms with van der Waals surface area (Å²) < 4.78 is 2.50. The molecule has 0 amide bonds. The fourth-order valence-electron chi connectivity index (χ4n) is 7.83. The van der Waals surface area contributed by atoms with Crippen molar-refractivity contribution in [1.29, 1.82) is 0 Å². The lowest BCUT2D eigenvalue weighted by atomic mass is 9.87. The Balaban J connectivity index is 1.36. The predicted octanol–water partition coefficient (Wildman–Crippen LogP) is 9.86. The van der Waals surface area contributed by atoms with Gasteiger partial charge in [-0.25, -0.2) is 0 Å². The first-order chi connectivity index (χ1) is 25.4. The molecule has 0 atom stereocenters.